The molecule has 0 saturated carbocycles. The normalized spacial score (nSPS) is 12.3. The van der Waals surface area contributed by atoms with Crippen LogP contribution in [-0.2, 0) is 4.79 Å². The van der Waals surface area contributed by atoms with Crippen LogP contribution in [0.3, 0.4) is 0 Å². The Kier molecular flexibility index (Phi) is 5.73. The van der Waals surface area contributed by atoms with Crippen molar-refractivity contribution in [3.63, 3.8) is 0 Å². The maximum absolute atomic E-state index is 12.4. The first-order valence-electron chi connectivity index (χ1n) is 8.34. The van der Waals surface area contributed by atoms with Crippen LogP contribution >= 0.6 is 23.1 Å². The summed E-state index contributed by atoms with van der Waals surface area (Å²) in [5, 5.41) is 14.4. The first kappa shape index (κ1) is 18.6. The quantitative estimate of drug-likeness (QED) is 0.634. The average Bonchev–Trinajstić information content (AvgIpc) is 3.24. The topological polar surface area (TPSA) is 72.7 Å². The number of anilines is 1. The van der Waals surface area contributed by atoms with Crippen molar-refractivity contribution in [3.8, 4) is 11.4 Å². The maximum atomic E-state index is 12.4. The molecule has 8 heteroatoms. The minimum Gasteiger partial charge on any atom is -0.301 e. The number of hydrogen-bond donors (Lipinski definition) is 1. The molecule has 0 aliphatic heterocycles. The van der Waals surface area contributed by atoms with Gasteiger partial charge in [0.05, 0.1) is 5.25 Å². The van der Waals surface area contributed by atoms with Crippen molar-refractivity contribution in [2.75, 3.05) is 5.32 Å². The maximum Gasteiger partial charge on any atom is 0.239 e. The Morgan fingerprint density at radius 3 is 2.73 bits per heavy atom. The minimum absolute atomic E-state index is 0.0969. The molecule has 1 atom stereocenters. The molecule has 2 aromatic heterocycles. The Morgan fingerprint density at radius 1 is 1.27 bits per heavy atom. The fourth-order valence-electron chi connectivity index (χ4n) is 2.51. The fourth-order valence-corrected chi connectivity index (χ4v) is 4.02. The van der Waals surface area contributed by atoms with Crippen LogP contribution in [0.2, 0.25) is 0 Å². The first-order chi connectivity index (χ1) is 12.5. The summed E-state index contributed by atoms with van der Waals surface area (Å²) >= 11 is 2.80. The Hall–Kier alpha value is -2.19. The van der Waals surface area contributed by atoms with Gasteiger partial charge in [-0.05, 0) is 33.8 Å². The molecule has 2 heterocycles. The number of benzene rings is 1. The number of thioether (sulfide) groups is 1. The number of rotatable bonds is 6. The molecular weight excluding hydrogens is 366 g/mol. The highest BCUT2D eigenvalue weighted by Gasteiger charge is 2.22. The highest BCUT2D eigenvalue weighted by molar-refractivity contribution is 8.00. The van der Waals surface area contributed by atoms with E-state index in [4.69, 9.17) is 0 Å². The molecule has 1 N–H and O–H groups in total. The van der Waals surface area contributed by atoms with Gasteiger partial charge in [-0.3, -0.25) is 9.36 Å². The molecule has 1 amide bonds. The van der Waals surface area contributed by atoms with E-state index in [9.17, 15) is 4.79 Å². The first-order valence-corrected chi connectivity index (χ1v) is 10.1. The molecule has 0 saturated heterocycles. The molecule has 1 aromatic carbocycles. The molecule has 3 rings (SSSR count). The van der Waals surface area contributed by atoms with Gasteiger partial charge >= 0.3 is 0 Å². The van der Waals surface area contributed by atoms with E-state index in [0.29, 0.717) is 5.13 Å². The van der Waals surface area contributed by atoms with E-state index in [-0.39, 0.29) is 17.2 Å². The van der Waals surface area contributed by atoms with Gasteiger partial charge in [0.25, 0.3) is 0 Å². The van der Waals surface area contributed by atoms with Gasteiger partial charge in [-0.15, -0.1) is 21.5 Å². The second-order valence-corrected chi connectivity index (χ2v) is 8.43. The Morgan fingerprint density at radius 2 is 2.08 bits per heavy atom. The van der Waals surface area contributed by atoms with Gasteiger partial charge < -0.3 is 5.32 Å². The Balaban J connectivity index is 1.82. The van der Waals surface area contributed by atoms with Gasteiger partial charge in [-0.2, -0.15) is 0 Å². The summed E-state index contributed by atoms with van der Waals surface area (Å²) in [7, 11) is 0. The summed E-state index contributed by atoms with van der Waals surface area (Å²) in [5.74, 6) is 0.721. The molecule has 6 nitrogen and oxygen atoms in total. The molecule has 136 valence electrons. The molecule has 0 bridgehead atoms. The number of aryl methyl sites for hydroxylation is 1. The van der Waals surface area contributed by atoms with E-state index in [1.165, 1.54) is 28.7 Å². The van der Waals surface area contributed by atoms with Crippen molar-refractivity contribution in [2.24, 2.45) is 0 Å². The SMILES string of the molecule is Cc1cccc(-c2nnc(S[C@@H](C)C(=O)Nc3nccs3)n2C(C)C)c1. The van der Waals surface area contributed by atoms with E-state index < -0.39 is 0 Å². The molecule has 0 aliphatic rings. The molecule has 0 unspecified atom stereocenters. The number of hydrogen-bond acceptors (Lipinski definition) is 6. The molecular formula is C18H21N5OS2. The van der Waals surface area contributed by atoms with Crippen LogP contribution in [0.25, 0.3) is 11.4 Å². The zero-order chi connectivity index (χ0) is 18.7. The molecule has 0 radical (unpaired) electrons. The second-order valence-electron chi connectivity index (χ2n) is 6.23. The van der Waals surface area contributed by atoms with Crippen molar-refractivity contribution >= 4 is 34.1 Å². The third-order valence-corrected chi connectivity index (χ3v) is 5.52. The van der Waals surface area contributed by atoms with E-state index in [1.54, 1.807) is 6.20 Å². The van der Waals surface area contributed by atoms with Gasteiger partial charge in [-0.25, -0.2) is 4.98 Å². The summed E-state index contributed by atoms with van der Waals surface area (Å²) in [6.07, 6.45) is 1.67. The lowest BCUT2D eigenvalue weighted by atomic mass is 10.1. The highest BCUT2D eigenvalue weighted by atomic mass is 32.2. The lowest BCUT2D eigenvalue weighted by Crippen LogP contribution is -2.23. The highest BCUT2D eigenvalue weighted by Crippen LogP contribution is 2.30. The molecule has 0 fully saturated rings. The summed E-state index contributed by atoms with van der Waals surface area (Å²) in [4.78, 5) is 16.5. The molecule has 0 aliphatic carbocycles. The standard InChI is InChI=1S/C18H21N5OS2/c1-11(2)23-15(14-7-5-6-12(3)10-14)21-22-18(23)26-13(4)16(24)20-17-19-8-9-25-17/h5-11,13H,1-4H3,(H,19,20,24)/t13-/m0/s1. The predicted molar refractivity (Wildman–Crippen MR) is 107 cm³/mol. The van der Waals surface area contributed by atoms with E-state index in [2.05, 4.69) is 58.0 Å². The monoisotopic (exact) mass is 387 g/mol. The van der Waals surface area contributed by atoms with Crippen molar-refractivity contribution in [1.82, 2.24) is 19.7 Å². The van der Waals surface area contributed by atoms with Gasteiger partial charge in [0.1, 0.15) is 0 Å². The van der Waals surface area contributed by atoms with Crippen LogP contribution in [0.1, 0.15) is 32.4 Å². The number of carbonyl (C=O) groups excluding carboxylic acids is 1. The lowest BCUT2D eigenvalue weighted by molar-refractivity contribution is -0.115. The van der Waals surface area contributed by atoms with E-state index >= 15 is 0 Å². The number of thiazole rings is 1. The van der Waals surface area contributed by atoms with Crippen molar-refractivity contribution in [3.05, 3.63) is 41.4 Å². The Bertz CT molecular complexity index is 889. The third kappa shape index (κ3) is 4.13. The molecule has 26 heavy (non-hydrogen) atoms. The van der Waals surface area contributed by atoms with Crippen LogP contribution in [-0.4, -0.2) is 30.9 Å². The molecule has 0 spiro atoms. The minimum atomic E-state index is -0.314. The van der Waals surface area contributed by atoms with Crippen molar-refractivity contribution < 1.29 is 4.79 Å². The zero-order valence-corrected chi connectivity index (χ0v) is 16.8. The van der Waals surface area contributed by atoms with Crippen molar-refractivity contribution in [2.45, 2.75) is 44.1 Å². The number of aromatic nitrogens is 4. The number of amides is 1. The van der Waals surface area contributed by atoms with Gasteiger partial charge in [0.2, 0.25) is 5.91 Å². The van der Waals surface area contributed by atoms with Crippen LogP contribution in [0, 0.1) is 6.92 Å². The number of carbonyl (C=O) groups is 1. The fraction of sp³-hybridized carbons (Fsp3) is 0.333. The van der Waals surface area contributed by atoms with Gasteiger partial charge in [0, 0.05) is 23.2 Å². The van der Waals surface area contributed by atoms with Crippen molar-refractivity contribution in [1.29, 1.82) is 0 Å². The van der Waals surface area contributed by atoms with Crippen LogP contribution in [0.4, 0.5) is 5.13 Å². The van der Waals surface area contributed by atoms with E-state index in [1.807, 2.05) is 24.4 Å². The third-order valence-electron chi connectivity index (χ3n) is 3.77. The van der Waals surface area contributed by atoms with Crippen LogP contribution in [0.15, 0.2) is 41.0 Å². The lowest BCUT2D eigenvalue weighted by Gasteiger charge is -2.16. The number of nitrogens with zero attached hydrogens (tertiary/aromatic N) is 4. The van der Waals surface area contributed by atoms with Gasteiger partial charge in [-0.1, -0.05) is 35.5 Å². The zero-order valence-electron chi connectivity index (χ0n) is 15.1. The predicted octanol–water partition coefficient (Wildman–Crippen LogP) is 4.41. The van der Waals surface area contributed by atoms with Gasteiger partial charge in [0.15, 0.2) is 16.1 Å². The van der Waals surface area contributed by atoms with Crippen LogP contribution in [0.5, 0.6) is 0 Å². The smallest absolute Gasteiger partial charge is 0.239 e. The summed E-state index contributed by atoms with van der Waals surface area (Å²) in [6, 6.07) is 8.37. The average molecular weight is 388 g/mol. The Labute approximate surface area is 161 Å². The summed E-state index contributed by atoms with van der Waals surface area (Å²) < 4.78 is 2.08. The largest absolute Gasteiger partial charge is 0.301 e. The molecule has 3 aromatic rings. The number of nitrogens with one attached hydrogen (secondary N) is 1. The van der Waals surface area contributed by atoms with E-state index in [0.717, 1.165) is 16.5 Å². The summed E-state index contributed by atoms with van der Waals surface area (Å²) in [5.41, 5.74) is 2.20. The second kappa shape index (κ2) is 8.01. The van der Waals surface area contributed by atoms with Crippen LogP contribution < -0.4 is 5.32 Å². The summed E-state index contributed by atoms with van der Waals surface area (Å²) in [6.45, 7) is 8.10.